The molecular weight excluding hydrogens is 234 g/mol. The highest BCUT2D eigenvalue weighted by atomic mass is 16.4. The summed E-state index contributed by atoms with van der Waals surface area (Å²) in [5.41, 5.74) is 0.927. The molecule has 0 radical (unpaired) electrons. The van der Waals surface area contributed by atoms with Crippen LogP contribution in [0, 0.1) is 5.92 Å². The smallest absolute Gasteiger partial charge is 0.421 e. The third-order valence-corrected chi connectivity index (χ3v) is 3.30. The van der Waals surface area contributed by atoms with Gasteiger partial charge in [0.1, 0.15) is 0 Å². The molecular formula is C13H13NO4. The standard InChI is InChI=1S/C13H13NO4/c1-8(9-5-3-2-4-6-9)10-7-11(15)14(12(10)16)13(17)18/h2-6,8,10H,7H2,1H3,(H,17,18). The number of hydrogen-bond donors (Lipinski definition) is 1. The lowest BCUT2D eigenvalue weighted by Crippen LogP contribution is -2.36. The number of hydrogen-bond acceptors (Lipinski definition) is 3. The molecule has 94 valence electrons. The maximum absolute atomic E-state index is 11.9. The van der Waals surface area contributed by atoms with Crippen molar-refractivity contribution in [3.63, 3.8) is 0 Å². The molecule has 1 aromatic rings. The van der Waals surface area contributed by atoms with Crippen LogP contribution >= 0.6 is 0 Å². The summed E-state index contributed by atoms with van der Waals surface area (Å²) < 4.78 is 0. The number of benzene rings is 1. The summed E-state index contributed by atoms with van der Waals surface area (Å²) in [4.78, 5) is 34.5. The van der Waals surface area contributed by atoms with Crippen molar-refractivity contribution in [2.45, 2.75) is 19.3 Å². The Kier molecular flexibility index (Phi) is 3.14. The second-order valence-electron chi connectivity index (χ2n) is 4.36. The summed E-state index contributed by atoms with van der Waals surface area (Å²) in [6.07, 6.45) is -1.53. The van der Waals surface area contributed by atoms with Crippen LogP contribution in [0.15, 0.2) is 30.3 Å². The molecule has 0 aromatic heterocycles. The highest BCUT2D eigenvalue weighted by Gasteiger charge is 2.45. The number of rotatable bonds is 2. The summed E-state index contributed by atoms with van der Waals surface area (Å²) in [7, 11) is 0. The van der Waals surface area contributed by atoms with Gasteiger partial charge in [0.15, 0.2) is 0 Å². The molecule has 2 atom stereocenters. The van der Waals surface area contributed by atoms with Crippen LogP contribution in [-0.2, 0) is 9.59 Å². The zero-order chi connectivity index (χ0) is 13.3. The molecule has 1 heterocycles. The number of nitrogens with zero attached hydrogens (tertiary/aromatic N) is 1. The van der Waals surface area contributed by atoms with Crippen LogP contribution in [0.1, 0.15) is 24.8 Å². The van der Waals surface area contributed by atoms with E-state index in [0.29, 0.717) is 4.90 Å². The van der Waals surface area contributed by atoms with E-state index in [1.165, 1.54) is 0 Å². The highest BCUT2D eigenvalue weighted by Crippen LogP contribution is 2.33. The van der Waals surface area contributed by atoms with Gasteiger partial charge < -0.3 is 5.11 Å². The minimum atomic E-state index is -1.49. The van der Waals surface area contributed by atoms with Gasteiger partial charge in [-0.05, 0) is 11.5 Å². The number of amides is 3. The predicted octanol–water partition coefficient (Wildman–Crippen LogP) is 1.84. The molecule has 0 saturated carbocycles. The Balaban J connectivity index is 2.24. The topological polar surface area (TPSA) is 74.7 Å². The number of carbonyl (C=O) groups excluding carboxylic acids is 2. The van der Waals surface area contributed by atoms with Gasteiger partial charge >= 0.3 is 6.09 Å². The van der Waals surface area contributed by atoms with E-state index < -0.39 is 23.8 Å². The molecule has 0 spiro atoms. The van der Waals surface area contributed by atoms with Crippen molar-refractivity contribution in [3.8, 4) is 0 Å². The van der Waals surface area contributed by atoms with Crippen LogP contribution in [0.4, 0.5) is 4.79 Å². The Morgan fingerprint density at radius 1 is 1.33 bits per heavy atom. The van der Waals surface area contributed by atoms with Crippen molar-refractivity contribution in [2.75, 3.05) is 0 Å². The van der Waals surface area contributed by atoms with Crippen molar-refractivity contribution in [3.05, 3.63) is 35.9 Å². The van der Waals surface area contributed by atoms with E-state index in [-0.39, 0.29) is 12.3 Å². The molecule has 1 fully saturated rings. The van der Waals surface area contributed by atoms with Crippen LogP contribution in [0.25, 0.3) is 0 Å². The fourth-order valence-corrected chi connectivity index (χ4v) is 2.24. The first-order valence-corrected chi connectivity index (χ1v) is 5.67. The lowest BCUT2D eigenvalue weighted by Gasteiger charge is -2.17. The van der Waals surface area contributed by atoms with E-state index in [4.69, 9.17) is 5.11 Å². The van der Waals surface area contributed by atoms with E-state index in [9.17, 15) is 14.4 Å². The molecule has 1 aromatic carbocycles. The van der Waals surface area contributed by atoms with E-state index in [1.54, 1.807) is 0 Å². The first kappa shape index (κ1) is 12.3. The van der Waals surface area contributed by atoms with Crippen molar-refractivity contribution >= 4 is 17.9 Å². The average molecular weight is 247 g/mol. The van der Waals surface area contributed by atoms with Gasteiger partial charge in [0, 0.05) is 6.42 Å². The summed E-state index contributed by atoms with van der Waals surface area (Å²) >= 11 is 0. The number of carbonyl (C=O) groups is 3. The molecule has 5 nitrogen and oxygen atoms in total. The maximum atomic E-state index is 11.9. The van der Waals surface area contributed by atoms with Crippen molar-refractivity contribution in [1.82, 2.24) is 4.90 Å². The second-order valence-corrected chi connectivity index (χ2v) is 4.36. The Bertz CT molecular complexity index is 497. The van der Waals surface area contributed by atoms with Crippen LogP contribution < -0.4 is 0 Å². The quantitative estimate of drug-likeness (QED) is 0.809. The van der Waals surface area contributed by atoms with Gasteiger partial charge in [-0.2, -0.15) is 4.90 Å². The lowest BCUT2D eigenvalue weighted by atomic mass is 9.86. The summed E-state index contributed by atoms with van der Waals surface area (Å²) in [5, 5.41) is 8.81. The summed E-state index contributed by atoms with van der Waals surface area (Å²) in [6.45, 7) is 1.83. The molecule has 3 amide bonds. The van der Waals surface area contributed by atoms with E-state index in [2.05, 4.69) is 0 Å². The van der Waals surface area contributed by atoms with Crippen LogP contribution in [0.5, 0.6) is 0 Å². The minimum Gasteiger partial charge on any atom is -0.464 e. The van der Waals surface area contributed by atoms with Crippen LogP contribution in [-0.4, -0.2) is 27.9 Å². The predicted molar refractivity (Wildman–Crippen MR) is 62.8 cm³/mol. The van der Waals surface area contributed by atoms with Gasteiger partial charge in [-0.15, -0.1) is 0 Å². The largest absolute Gasteiger partial charge is 0.464 e. The van der Waals surface area contributed by atoms with Gasteiger partial charge in [0.25, 0.3) is 0 Å². The van der Waals surface area contributed by atoms with Crippen LogP contribution in [0.3, 0.4) is 0 Å². The molecule has 0 bridgehead atoms. The second kappa shape index (κ2) is 4.60. The summed E-state index contributed by atoms with van der Waals surface area (Å²) in [5.74, 6) is -2.02. The lowest BCUT2D eigenvalue weighted by molar-refractivity contribution is -0.136. The molecule has 2 rings (SSSR count). The fourth-order valence-electron chi connectivity index (χ4n) is 2.24. The monoisotopic (exact) mass is 247 g/mol. The van der Waals surface area contributed by atoms with E-state index in [0.717, 1.165) is 5.56 Å². The van der Waals surface area contributed by atoms with Gasteiger partial charge in [0.2, 0.25) is 11.8 Å². The highest BCUT2D eigenvalue weighted by molar-refractivity contribution is 6.14. The van der Waals surface area contributed by atoms with Gasteiger partial charge in [0.05, 0.1) is 5.92 Å². The molecule has 18 heavy (non-hydrogen) atoms. The molecule has 1 aliphatic rings. The van der Waals surface area contributed by atoms with Gasteiger partial charge in [-0.1, -0.05) is 37.3 Å². The molecule has 0 aliphatic carbocycles. The van der Waals surface area contributed by atoms with E-state index in [1.807, 2.05) is 37.3 Å². The molecule has 5 heteroatoms. The third-order valence-electron chi connectivity index (χ3n) is 3.30. The average Bonchev–Trinajstić information content (AvgIpc) is 2.65. The third kappa shape index (κ3) is 1.99. The van der Waals surface area contributed by atoms with Crippen LogP contribution in [0.2, 0.25) is 0 Å². The van der Waals surface area contributed by atoms with Crippen molar-refractivity contribution in [2.24, 2.45) is 5.92 Å². The zero-order valence-corrected chi connectivity index (χ0v) is 9.87. The molecule has 1 saturated heterocycles. The molecule has 1 N–H and O–H groups in total. The first-order chi connectivity index (χ1) is 8.52. The molecule has 2 unspecified atom stereocenters. The van der Waals surface area contributed by atoms with Gasteiger partial charge in [-0.3, -0.25) is 9.59 Å². The number of carboxylic acid groups (broad SMARTS) is 1. The maximum Gasteiger partial charge on any atom is 0.421 e. The summed E-state index contributed by atoms with van der Waals surface area (Å²) in [6, 6.07) is 9.29. The Morgan fingerprint density at radius 3 is 2.44 bits per heavy atom. The Labute approximate surface area is 104 Å². The molecule has 1 aliphatic heterocycles. The van der Waals surface area contributed by atoms with Gasteiger partial charge in [-0.25, -0.2) is 4.79 Å². The zero-order valence-electron chi connectivity index (χ0n) is 9.87. The SMILES string of the molecule is CC(c1ccccc1)C1CC(=O)N(C(=O)O)C1=O. The first-order valence-electron chi connectivity index (χ1n) is 5.67. The van der Waals surface area contributed by atoms with Crippen molar-refractivity contribution in [1.29, 1.82) is 0 Å². The van der Waals surface area contributed by atoms with Crippen molar-refractivity contribution < 1.29 is 19.5 Å². The fraction of sp³-hybridized carbons (Fsp3) is 0.308. The Morgan fingerprint density at radius 2 is 1.94 bits per heavy atom. The number of likely N-dealkylation sites (tertiary alicyclic amines) is 1. The Hall–Kier alpha value is -2.17. The normalized spacial score (nSPS) is 21.2. The van der Waals surface area contributed by atoms with E-state index >= 15 is 0 Å². The minimum absolute atomic E-state index is 0.0405. The number of imide groups is 3.